The standard InChI is InChI=1S/C49H38N4/c1-32-47(49(33(2)52-51-32)53-28-27-38-15-9-10-16-41(38)46(53)26-21-34-17-19-35(31-50)20-18-34)48-44-29-39(36-11-5-3-6-12-36)22-24-42(44)43-25-23-40(30-45(43)48)37-13-7-4-8-14-37/h3-20,22-25,29-30H,21,26-28H2,1-2H3. The molecule has 0 bridgehead atoms. The minimum absolute atomic E-state index is 0.685. The van der Waals surface area contributed by atoms with Gasteiger partial charge in [0.1, 0.15) is 12.2 Å². The van der Waals surface area contributed by atoms with Crippen LogP contribution in [0.3, 0.4) is 0 Å². The molecule has 0 atom stereocenters. The minimum atomic E-state index is 0.685. The molecule has 53 heavy (non-hydrogen) atoms. The number of rotatable bonds is 7. The first kappa shape index (κ1) is 32.3. The number of aromatic nitrogens is 2. The molecular formula is C49H38N4. The number of hydrogen-bond acceptors (Lipinski definition) is 3. The monoisotopic (exact) mass is 682 g/mol. The number of nitriles is 1. The van der Waals surface area contributed by atoms with Crippen molar-refractivity contribution in [3.05, 3.63) is 179 Å². The van der Waals surface area contributed by atoms with E-state index in [1.807, 2.05) is 12.1 Å². The molecule has 0 amide bonds. The van der Waals surface area contributed by atoms with Crippen molar-refractivity contribution in [2.24, 2.45) is 0 Å². The molecule has 1 aromatic heterocycles. The maximum atomic E-state index is 9.39. The Balaban J connectivity index is 1.32. The van der Waals surface area contributed by atoms with Crippen molar-refractivity contribution >= 4 is 32.9 Å². The fourth-order valence-corrected chi connectivity index (χ4v) is 8.29. The summed E-state index contributed by atoms with van der Waals surface area (Å²) in [4.78, 5) is 0. The van der Waals surface area contributed by atoms with Crippen LogP contribution >= 0.6 is 0 Å². The topological polar surface area (TPSA) is 52.6 Å². The molecule has 1 aliphatic heterocycles. The summed E-state index contributed by atoms with van der Waals surface area (Å²) in [6.45, 7) is 5.08. The predicted octanol–water partition coefficient (Wildman–Crippen LogP) is 11.3. The van der Waals surface area contributed by atoms with Crippen LogP contribution in [0.25, 0.3) is 54.9 Å². The molecule has 0 unspecified atom stereocenters. The van der Waals surface area contributed by atoms with E-state index >= 15 is 0 Å². The number of benzene rings is 6. The zero-order valence-corrected chi connectivity index (χ0v) is 30.0. The Morgan fingerprint density at radius 1 is 0.623 bits per heavy atom. The van der Waals surface area contributed by atoms with Gasteiger partial charge >= 0.3 is 0 Å². The smallest absolute Gasteiger partial charge is 0.193 e. The van der Waals surface area contributed by atoms with E-state index in [1.165, 1.54) is 71.8 Å². The van der Waals surface area contributed by atoms with Crippen LogP contribution in [-0.2, 0) is 12.8 Å². The zero-order valence-electron chi connectivity index (χ0n) is 30.0. The van der Waals surface area contributed by atoms with Gasteiger partial charge in [0.05, 0.1) is 11.6 Å². The van der Waals surface area contributed by atoms with Crippen LogP contribution in [0.4, 0.5) is 5.69 Å². The average molecular weight is 683 g/mol. The van der Waals surface area contributed by atoms with Crippen LogP contribution < -0.4 is 0 Å². The molecule has 8 aromatic rings. The molecule has 0 N–H and O–H groups in total. The van der Waals surface area contributed by atoms with Crippen LogP contribution in [0.1, 0.15) is 40.1 Å². The van der Waals surface area contributed by atoms with Crippen LogP contribution in [0.15, 0.2) is 146 Å². The van der Waals surface area contributed by atoms with Crippen molar-refractivity contribution in [2.45, 2.75) is 33.1 Å². The van der Waals surface area contributed by atoms with Gasteiger partial charge in [0, 0.05) is 29.7 Å². The van der Waals surface area contributed by atoms with E-state index in [0.717, 1.165) is 48.4 Å². The highest BCUT2D eigenvalue weighted by Crippen LogP contribution is 2.48. The normalized spacial score (nSPS) is 12.6. The minimum Gasteiger partial charge on any atom is -0.216 e. The van der Waals surface area contributed by atoms with Gasteiger partial charge in [-0.05, 0) is 71.8 Å². The summed E-state index contributed by atoms with van der Waals surface area (Å²) in [5.74, 6) is 0. The maximum absolute atomic E-state index is 9.39. The van der Waals surface area contributed by atoms with E-state index in [9.17, 15) is 5.26 Å². The highest BCUT2D eigenvalue weighted by atomic mass is 15.1. The fraction of sp³-hybridized carbons (Fsp3) is 0.122. The zero-order chi connectivity index (χ0) is 35.9. The SMILES string of the molecule is Cc1nnc(C)c([N+]2=C(CCc3ccc(C#N)cc3)c3ccccc3CC2)c1-[c-]1c2cc(-c3ccccc3)ccc2c2ccc(-c3ccccc3)cc21. The van der Waals surface area contributed by atoms with Gasteiger partial charge in [0.15, 0.2) is 11.4 Å². The van der Waals surface area contributed by atoms with Gasteiger partial charge in [-0.2, -0.15) is 15.5 Å². The summed E-state index contributed by atoms with van der Waals surface area (Å²) in [5, 5.41) is 24.0. The van der Waals surface area contributed by atoms with Crippen molar-refractivity contribution in [1.82, 2.24) is 10.2 Å². The van der Waals surface area contributed by atoms with E-state index in [1.54, 1.807) is 0 Å². The second-order valence-corrected chi connectivity index (χ2v) is 14.0. The van der Waals surface area contributed by atoms with Gasteiger partial charge in [0.25, 0.3) is 0 Å². The molecule has 9 rings (SSSR count). The van der Waals surface area contributed by atoms with Gasteiger partial charge < -0.3 is 0 Å². The van der Waals surface area contributed by atoms with E-state index in [0.29, 0.717) is 5.56 Å². The molecule has 0 saturated carbocycles. The van der Waals surface area contributed by atoms with Crippen molar-refractivity contribution < 1.29 is 4.58 Å². The molecule has 1 aliphatic rings. The maximum Gasteiger partial charge on any atom is 0.193 e. The van der Waals surface area contributed by atoms with E-state index in [4.69, 9.17) is 10.2 Å². The first-order valence-corrected chi connectivity index (χ1v) is 18.4. The lowest BCUT2D eigenvalue weighted by atomic mass is 9.91. The summed E-state index contributed by atoms with van der Waals surface area (Å²) >= 11 is 0. The Kier molecular flexibility index (Phi) is 8.25. The predicted molar refractivity (Wildman–Crippen MR) is 217 cm³/mol. The van der Waals surface area contributed by atoms with Crippen LogP contribution in [0.2, 0.25) is 0 Å². The lowest BCUT2D eigenvalue weighted by Gasteiger charge is -2.23. The fourth-order valence-electron chi connectivity index (χ4n) is 8.29. The first-order valence-electron chi connectivity index (χ1n) is 18.4. The van der Waals surface area contributed by atoms with Gasteiger partial charge in [-0.3, -0.25) is 0 Å². The second-order valence-electron chi connectivity index (χ2n) is 14.0. The molecule has 0 radical (unpaired) electrons. The first-order chi connectivity index (χ1) is 26.1. The van der Waals surface area contributed by atoms with E-state index in [2.05, 4.69) is 158 Å². The Hall–Kier alpha value is -6.57. The molecule has 0 saturated heterocycles. The Bertz CT molecular complexity index is 2630. The van der Waals surface area contributed by atoms with Crippen LogP contribution in [-0.4, -0.2) is 27.0 Å². The third-order valence-electron chi connectivity index (χ3n) is 10.9. The summed E-state index contributed by atoms with van der Waals surface area (Å²) in [6.07, 6.45) is 2.65. The van der Waals surface area contributed by atoms with E-state index < -0.39 is 0 Å². The summed E-state index contributed by atoms with van der Waals surface area (Å²) in [6, 6.07) is 54.3. The van der Waals surface area contributed by atoms with Gasteiger partial charge in [-0.1, -0.05) is 155 Å². The van der Waals surface area contributed by atoms with Crippen molar-refractivity contribution in [2.75, 3.05) is 6.54 Å². The lowest BCUT2D eigenvalue weighted by Crippen LogP contribution is -2.29. The molecular weight excluding hydrogens is 645 g/mol. The largest absolute Gasteiger partial charge is 0.216 e. The number of aryl methyl sites for hydroxylation is 3. The molecule has 4 heteroatoms. The molecule has 2 heterocycles. The molecule has 0 spiro atoms. The van der Waals surface area contributed by atoms with Crippen molar-refractivity contribution in [3.63, 3.8) is 0 Å². The van der Waals surface area contributed by atoms with Gasteiger partial charge in [-0.25, -0.2) is 4.58 Å². The highest BCUT2D eigenvalue weighted by Gasteiger charge is 2.31. The third-order valence-corrected chi connectivity index (χ3v) is 10.9. The number of hydrogen-bond donors (Lipinski definition) is 0. The molecule has 4 nitrogen and oxygen atoms in total. The quantitative estimate of drug-likeness (QED) is 0.124. The van der Waals surface area contributed by atoms with Crippen molar-refractivity contribution in [1.29, 1.82) is 5.26 Å². The summed E-state index contributed by atoms with van der Waals surface area (Å²) in [5.41, 5.74) is 16.0. The molecule has 0 fully saturated rings. The Morgan fingerprint density at radius 3 is 1.83 bits per heavy atom. The van der Waals surface area contributed by atoms with Crippen LogP contribution in [0.5, 0.6) is 0 Å². The van der Waals surface area contributed by atoms with Gasteiger partial charge in [0.2, 0.25) is 0 Å². The van der Waals surface area contributed by atoms with E-state index in [-0.39, 0.29) is 0 Å². The number of nitrogens with zero attached hydrogens (tertiary/aromatic N) is 4. The molecule has 0 aliphatic carbocycles. The summed E-state index contributed by atoms with van der Waals surface area (Å²) in [7, 11) is 0. The van der Waals surface area contributed by atoms with Gasteiger partial charge in [-0.15, -0.1) is 0 Å². The molecule has 254 valence electrons. The Morgan fingerprint density at radius 2 is 1.21 bits per heavy atom. The summed E-state index contributed by atoms with van der Waals surface area (Å²) < 4.78 is 2.55. The number of fused-ring (bicyclic) bond motifs is 4. The van der Waals surface area contributed by atoms with Crippen molar-refractivity contribution in [3.8, 4) is 39.4 Å². The highest BCUT2D eigenvalue weighted by molar-refractivity contribution is 6.25. The third kappa shape index (κ3) is 5.81. The average Bonchev–Trinajstić information content (AvgIpc) is 3.54. The second kappa shape index (κ2) is 13.5. The Labute approximate surface area is 310 Å². The molecule has 7 aromatic carbocycles. The lowest BCUT2D eigenvalue weighted by molar-refractivity contribution is -0.443. The van der Waals surface area contributed by atoms with Crippen LogP contribution in [0, 0.1) is 25.2 Å².